The SMILES string of the molecule is Cc1cccnc1N(Cc1ccc(Br)cc1C(F)(F)F)C(=O)OCc1ccccc1. The zero-order valence-corrected chi connectivity index (χ0v) is 17.6. The molecule has 1 amide bonds. The Bertz CT molecular complexity index is 1030. The van der Waals surface area contributed by atoms with E-state index in [1.165, 1.54) is 18.3 Å². The van der Waals surface area contributed by atoms with Gasteiger partial charge < -0.3 is 4.74 Å². The molecule has 0 fully saturated rings. The van der Waals surface area contributed by atoms with Crippen LogP contribution in [-0.2, 0) is 24.1 Å². The van der Waals surface area contributed by atoms with Gasteiger partial charge in [0.15, 0.2) is 0 Å². The summed E-state index contributed by atoms with van der Waals surface area (Å²) in [5.74, 6) is 0.242. The largest absolute Gasteiger partial charge is 0.444 e. The van der Waals surface area contributed by atoms with E-state index in [1.807, 2.05) is 6.07 Å². The number of aromatic nitrogens is 1. The molecule has 0 atom stereocenters. The first-order chi connectivity index (χ1) is 14.3. The molecule has 0 N–H and O–H groups in total. The molecule has 0 radical (unpaired) electrons. The van der Waals surface area contributed by atoms with Gasteiger partial charge in [0, 0.05) is 10.7 Å². The van der Waals surface area contributed by atoms with Crippen LogP contribution in [-0.4, -0.2) is 11.1 Å². The first kappa shape index (κ1) is 21.8. The fraction of sp³-hybridized carbons (Fsp3) is 0.182. The molecule has 1 aromatic heterocycles. The van der Waals surface area contributed by atoms with E-state index in [4.69, 9.17) is 4.74 Å². The lowest BCUT2D eigenvalue weighted by atomic mass is 10.1. The molecule has 0 aliphatic heterocycles. The van der Waals surface area contributed by atoms with Crippen LogP contribution < -0.4 is 4.90 Å². The number of hydrogen-bond donors (Lipinski definition) is 0. The van der Waals surface area contributed by atoms with Crippen LogP contribution in [0, 0.1) is 6.92 Å². The van der Waals surface area contributed by atoms with Crippen molar-refractivity contribution in [2.75, 3.05) is 4.90 Å². The highest BCUT2D eigenvalue weighted by Crippen LogP contribution is 2.35. The summed E-state index contributed by atoms with van der Waals surface area (Å²) in [6, 6.07) is 16.3. The Morgan fingerprint density at radius 3 is 2.50 bits per heavy atom. The number of nitrogens with zero attached hydrogens (tertiary/aromatic N) is 2. The molecule has 8 heteroatoms. The third kappa shape index (κ3) is 5.38. The number of anilines is 1. The predicted molar refractivity (Wildman–Crippen MR) is 111 cm³/mol. The molecular weight excluding hydrogens is 461 g/mol. The highest BCUT2D eigenvalue weighted by atomic mass is 79.9. The van der Waals surface area contributed by atoms with Gasteiger partial charge in [0.05, 0.1) is 12.1 Å². The van der Waals surface area contributed by atoms with Crippen molar-refractivity contribution >= 4 is 27.8 Å². The van der Waals surface area contributed by atoms with Crippen LogP contribution in [0.3, 0.4) is 0 Å². The minimum Gasteiger partial charge on any atom is -0.444 e. The molecule has 4 nitrogen and oxygen atoms in total. The quantitative estimate of drug-likeness (QED) is 0.419. The minimum absolute atomic E-state index is 0.00544. The van der Waals surface area contributed by atoms with Gasteiger partial charge >= 0.3 is 12.3 Å². The smallest absolute Gasteiger partial charge is 0.416 e. The molecular formula is C22H18BrF3N2O2. The Hall–Kier alpha value is -2.87. The van der Waals surface area contributed by atoms with E-state index in [9.17, 15) is 18.0 Å². The van der Waals surface area contributed by atoms with Gasteiger partial charge in [-0.3, -0.25) is 4.90 Å². The summed E-state index contributed by atoms with van der Waals surface area (Å²) in [4.78, 5) is 18.2. The van der Waals surface area contributed by atoms with Gasteiger partial charge in [-0.05, 0) is 41.8 Å². The van der Waals surface area contributed by atoms with E-state index < -0.39 is 17.8 Å². The monoisotopic (exact) mass is 478 g/mol. The number of benzene rings is 2. The van der Waals surface area contributed by atoms with E-state index in [2.05, 4.69) is 20.9 Å². The van der Waals surface area contributed by atoms with Crippen molar-refractivity contribution in [3.8, 4) is 0 Å². The van der Waals surface area contributed by atoms with Crippen molar-refractivity contribution in [1.82, 2.24) is 4.98 Å². The second-order valence-corrected chi connectivity index (χ2v) is 7.49. The summed E-state index contributed by atoms with van der Waals surface area (Å²) < 4.78 is 46.4. The topological polar surface area (TPSA) is 42.4 Å². The van der Waals surface area contributed by atoms with Crippen molar-refractivity contribution in [2.24, 2.45) is 0 Å². The average molecular weight is 479 g/mol. The number of halogens is 4. The van der Waals surface area contributed by atoms with Gasteiger partial charge in [-0.1, -0.05) is 58.4 Å². The third-order valence-electron chi connectivity index (χ3n) is 4.37. The van der Waals surface area contributed by atoms with Crippen molar-refractivity contribution in [2.45, 2.75) is 26.3 Å². The molecule has 0 saturated heterocycles. The lowest BCUT2D eigenvalue weighted by Gasteiger charge is -2.24. The lowest BCUT2D eigenvalue weighted by Crippen LogP contribution is -2.33. The maximum Gasteiger partial charge on any atom is 0.416 e. The maximum absolute atomic E-state index is 13.6. The molecule has 2 aromatic carbocycles. The molecule has 0 saturated carbocycles. The average Bonchev–Trinajstić information content (AvgIpc) is 2.72. The Balaban J connectivity index is 1.93. The van der Waals surface area contributed by atoms with Gasteiger partial charge in [-0.2, -0.15) is 13.2 Å². The second kappa shape index (κ2) is 9.30. The number of ether oxygens (including phenoxy) is 1. The summed E-state index contributed by atoms with van der Waals surface area (Å²) in [6.45, 7) is 1.38. The molecule has 0 aliphatic carbocycles. The Morgan fingerprint density at radius 2 is 1.83 bits per heavy atom. The second-order valence-electron chi connectivity index (χ2n) is 6.57. The molecule has 0 unspecified atom stereocenters. The fourth-order valence-corrected chi connectivity index (χ4v) is 3.26. The van der Waals surface area contributed by atoms with E-state index in [-0.39, 0.29) is 24.5 Å². The van der Waals surface area contributed by atoms with Crippen molar-refractivity contribution < 1.29 is 22.7 Å². The molecule has 3 aromatic rings. The Morgan fingerprint density at radius 1 is 1.10 bits per heavy atom. The molecule has 0 bridgehead atoms. The number of hydrogen-bond acceptors (Lipinski definition) is 3. The van der Waals surface area contributed by atoms with Crippen LogP contribution in [0.25, 0.3) is 0 Å². The summed E-state index contributed by atoms with van der Waals surface area (Å²) in [5.41, 5.74) is 0.515. The normalized spacial score (nSPS) is 11.2. The minimum atomic E-state index is -4.57. The lowest BCUT2D eigenvalue weighted by molar-refractivity contribution is -0.138. The molecule has 3 rings (SSSR count). The van der Waals surface area contributed by atoms with E-state index in [1.54, 1.807) is 43.3 Å². The zero-order valence-electron chi connectivity index (χ0n) is 16.0. The van der Waals surface area contributed by atoms with Gasteiger partial charge in [-0.15, -0.1) is 0 Å². The van der Waals surface area contributed by atoms with Crippen LogP contribution in [0.5, 0.6) is 0 Å². The van der Waals surface area contributed by atoms with E-state index in [0.29, 0.717) is 10.0 Å². The van der Waals surface area contributed by atoms with Gasteiger partial charge in [0.2, 0.25) is 0 Å². The van der Waals surface area contributed by atoms with Crippen LogP contribution in [0.4, 0.5) is 23.8 Å². The van der Waals surface area contributed by atoms with E-state index >= 15 is 0 Å². The molecule has 156 valence electrons. The third-order valence-corrected chi connectivity index (χ3v) is 4.86. The maximum atomic E-state index is 13.6. The van der Waals surface area contributed by atoms with E-state index in [0.717, 1.165) is 16.5 Å². The standard InChI is InChI=1S/C22H18BrF3N2O2/c1-15-6-5-11-27-20(15)28(21(29)30-14-16-7-3-2-4-8-16)13-17-9-10-18(23)12-19(17)22(24,25)26/h2-12H,13-14H2,1H3. The molecule has 0 spiro atoms. The number of carbonyl (C=O) groups is 1. The summed E-state index contributed by atoms with van der Waals surface area (Å²) >= 11 is 3.07. The first-order valence-corrected chi connectivity index (χ1v) is 9.80. The van der Waals surface area contributed by atoms with Gasteiger partial charge in [0.1, 0.15) is 12.4 Å². The Labute approximate surface area is 180 Å². The van der Waals surface area contributed by atoms with Crippen LogP contribution >= 0.6 is 15.9 Å². The summed E-state index contributed by atoms with van der Waals surface area (Å²) in [7, 11) is 0. The van der Waals surface area contributed by atoms with Gasteiger partial charge in [-0.25, -0.2) is 9.78 Å². The predicted octanol–water partition coefficient (Wildman–Crippen LogP) is 6.51. The number of carbonyl (C=O) groups excluding carboxylic acids is 1. The molecule has 1 heterocycles. The van der Waals surface area contributed by atoms with Crippen LogP contribution in [0.1, 0.15) is 22.3 Å². The van der Waals surface area contributed by atoms with Gasteiger partial charge in [0.25, 0.3) is 0 Å². The number of amides is 1. The zero-order chi connectivity index (χ0) is 21.7. The number of pyridine rings is 1. The van der Waals surface area contributed by atoms with Crippen LogP contribution in [0.15, 0.2) is 71.3 Å². The van der Waals surface area contributed by atoms with Crippen molar-refractivity contribution in [3.63, 3.8) is 0 Å². The van der Waals surface area contributed by atoms with Crippen molar-refractivity contribution in [1.29, 1.82) is 0 Å². The summed E-state index contributed by atoms with van der Waals surface area (Å²) in [5, 5.41) is 0. The molecule has 0 aliphatic rings. The highest BCUT2D eigenvalue weighted by molar-refractivity contribution is 9.10. The van der Waals surface area contributed by atoms with Crippen molar-refractivity contribution in [3.05, 3.63) is 93.6 Å². The number of alkyl halides is 3. The Kier molecular flexibility index (Phi) is 6.77. The van der Waals surface area contributed by atoms with Crippen LogP contribution in [0.2, 0.25) is 0 Å². The number of rotatable bonds is 5. The first-order valence-electron chi connectivity index (χ1n) is 9.01. The highest BCUT2D eigenvalue weighted by Gasteiger charge is 2.35. The fourth-order valence-electron chi connectivity index (χ4n) is 2.90. The number of aryl methyl sites for hydroxylation is 1. The molecule has 30 heavy (non-hydrogen) atoms. The summed E-state index contributed by atoms with van der Waals surface area (Å²) in [6.07, 6.45) is -3.87.